The Morgan fingerprint density at radius 3 is 2.58 bits per heavy atom. The van der Waals surface area contributed by atoms with Crippen LogP contribution in [0.3, 0.4) is 0 Å². The maximum absolute atomic E-state index is 11.5. The van der Waals surface area contributed by atoms with Crippen LogP contribution in [-0.4, -0.2) is 23.9 Å². The number of benzene rings is 1. The molecule has 19 heavy (non-hydrogen) atoms. The van der Waals surface area contributed by atoms with Crippen LogP contribution in [0.15, 0.2) is 29.4 Å². The molecule has 100 valence electrons. The smallest absolute Gasteiger partial charge is 0.243 e. The highest BCUT2D eigenvalue weighted by Crippen LogP contribution is 2.29. The Labute approximate surface area is 116 Å². The zero-order valence-electron chi connectivity index (χ0n) is 10.7. The number of hydrogen-bond acceptors (Lipinski definition) is 3. The van der Waals surface area contributed by atoms with E-state index in [-0.39, 0.29) is 18.2 Å². The molecule has 1 aliphatic rings. The fourth-order valence-corrected chi connectivity index (χ4v) is 2.11. The van der Waals surface area contributed by atoms with E-state index in [4.69, 9.17) is 11.6 Å². The first-order valence-corrected chi connectivity index (χ1v) is 6.15. The third-order valence-corrected chi connectivity index (χ3v) is 3.21. The molecule has 0 saturated carbocycles. The molecular formula is C13H14ClN3O2. The molecule has 1 aromatic carbocycles. The highest BCUT2D eigenvalue weighted by atomic mass is 35.5. The molecule has 0 bridgehead atoms. The lowest BCUT2D eigenvalue weighted by atomic mass is 10.0. The zero-order valence-corrected chi connectivity index (χ0v) is 11.4. The van der Waals surface area contributed by atoms with Crippen LogP contribution in [0.25, 0.3) is 5.57 Å². The van der Waals surface area contributed by atoms with Gasteiger partial charge in [0.1, 0.15) is 5.16 Å². The van der Waals surface area contributed by atoms with E-state index in [9.17, 15) is 9.59 Å². The minimum atomic E-state index is -0.123. The Hall–Kier alpha value is -2.01. The van der Waals surface area contributed by atoms with Gasteiger partial charge in [-0.05, 0) is 17.7 Å². The van der Waals surface area contributed by atoms with Crippen molar-refractivity contribution in [3.63, 3.8) is 0 Å². The molecule has 0 fully saturated rings. The molecule has 6 heteroatoms. The van der Waals surface area contributed by atoms with E-state index in [1.54, 1.807) is 19.2 Å². The van der Waals surface area contributed by atoms with Gasteiger partial charge in [0.25, 0.3) is 0 Å². The van der Waals surface area contributed by atoms with Crippen LogP contribution in [-0.2, 0) is 9.59 Å². The zero-order chi connectivity index (χ0) is 14.0. The number of halogens is 1. The van der Waals surface area contributed by atoms with Crippen molar-refractivity contribution >= 4 is 34.7 Å². The van der Waals surface area contributed by atoms with E-state index in [0.717, 1.165) is 11.1 Å². The number of rotatable bonds is 2. The number of anilines is 1. The van der Waals surface area contributed by atoms with Crippen LogP contribution in [0.1, 0.15) is 18.9 Å². The molecule has 1 aromatic rings. The van der Waals surface area contributed by atoms with Crippen LogP contribution in [0, 0.1) is 0 Å². The van der Waals surface area contributed by atoms with Crippen molar-refractivity contribution in [3.8, 4) is 0 Å². The SMILES string of the molecule is CC(=O)Nc1ccc(C2=C(Cl)N(C)NC(=O)C2)cc1. The Kier molecular flexibility index (Phi) is 3.76. The second-order valence-corrected chi connectivity index (χ2v) is 4.66. The predicted molar refractivity (Wildman–Crippen MR) is 74.0 cm³/mol. The average molecular weight is 280 g/mol. The van der Waals surface area contributed by atoms with Crippen LogP contribution < -0.4 is 10.7 Å². The number of nitrogens with zero attached hydrogens (tertiary/aromatic N) is 1. The number of nitrogens with one attached hydrogen (secondary N) is 2. The van der Waals surface area contributed by atoms with Gasteiger partial charge in [-0.1, -0.05) is 23.7 Å². The first kappa shape index (κ1) is 13.4. The summed E-state index contributed by atoms with van der Waals surface area (Å²) in [6.45, 7) is 1.45. The molecule has 2 rings (SSSR count). The quantitative estimate of drug-likeness (QED) is 0.813. The van der Waals surface area contributed by atoms with Gasteiger partial charge in [-0.3, -0.25) is 20.0 Å². The highest BCUT2D eigenvalue weighted by molar-refractivity contribution is 6.33. The lowest BCUT2D eigenvalue weighted by Crippen LogP contribution is -2.41. The molecule has 0 saturated heterocycles. The molecule has 0 unspecified atom stereocenters. The molecule has 0 radical (unpaired) electrons. The van der Waals surface area contributed by atoms with E-state index >= 15 is 0 Å². The summed E-state index contributed by atoms with van der Waals surface area (Å²) in [5.41, 5.74) is 4.95. The number of hydrogen-bond donors (Lipinski definition) is 2. The van der Waals surface area contributed by atoms with Gasteiger partial charge in [0.05, 0.1) is 6.42 Å². The molecule has 2 amide bonds. The van der Waals surface area contributed by atoms with Crippen molar-refractivity contribution in [3.05, 3.63) is 35.0 Å². The second-order valence-electron chi connectivity index (χ2n) is 4.30. The van der Waals surface area contributed by atoms with E-state index in [2.05, 4.69) is 10.7 Å². The minimum Gasteiger partial charge on any atom is -0.326 e. The monoisotopic (exact) mass is 279 g/mol. The molecule has 0 aliphatic carbocycles. The summed E-state index contributed by atoms with van der Waals surface area (Å²) in [6.07, 6.45) is 0.239. The molecule has 5 nitrogen and oxygen atoms in total. The molecule has 1 aliphatic heterocycles. The Bertz CT molecular complexity index is 552. The van der Waals surface area contributed by atoms with Crippen molar-refractivity contribution in [2.24, 2.45) is 0 Å². The van der Waals surface area contributed by atoms with Gasteiger partial charge in [-0.15, -0.1) is 0 Å². The summed E-state index contributed by atoms with van der Waals surface area (Å²) in [5.74, 6) is -0.227. The van der Waals surface area contributed by atoms with Crippen molar-refractivity contribution < 1.29 is 9.59 Å². The molecule has 2 N–H and O–H groups in total. The third-order valence-electron chi connectivity index (χ3n) is 2.73. The molecular weight excluding hydrogens is 266 g/mol. The topological polar surface area (TPSA) is 61.4 Å². The minimum absolute atomic E-state index is 0.104. The number of hydrazine groups is 1. The van der Waals surface area contributed by atoms with Gasteiger partial charge in [-0.2, -0.15) is 0 Å². The van der Waals surface area contributed by atoms with E-state index in [1.165, 1.54) is 11.9 Å². The normalized spacial score (nSPS) is 15.3. The first-order chi connectivity index (χ1) is 8.97. The number of carbonyl (C=O) groups is 2. The molecule has 0 aromatic heterocycles. The predicted octanol–water partition coefficient (Wildman–Crippen LogP) is 1.92. The van der Waals surface area contributed by atoms with Crippen molar-refractivity contribution in [1.82, 2.24) is 10.4 Å². The summed E-state index contributed by atoms with van der Waals surface area (Å²) in [6, 6.07) is 7.21. The average Bonchev–Trinajstić information content (AvgIpc) is 2.34. The van der Waals surface area contributed by atoms with E-state index in [0.29, 0.717) is 10.8 Å². The second kappa shape index (κ2) is 5.32. The number of amides is 2. The van der Waals surface area contributed by atoms with E-state index in [1.807, 2.05) is 12.1 Å². The molecule has 0 spiro atoms. The lowest BCUT2D eigenvalue weighted by molar-refractivity contribution is -0.124. The summed E-state index contributed by atoms with van der Waals surface area (Å²) in [7, 11) is 1.69. The van der Waals surface area contributed by atoms with Crippen LogP contribution in [0.5, 0.6) is 0 Å². The van der Waals surface area contributed by atoms with Crippen LogP contribution in [0.2, 0.25) is 0 Å². The van der Waals surface area contributed by atoms with Gasteiger partial charge in [-0.25, -0.2) is 0 Å². The Morgan fingerprint density at radius 2 is 2.00 bits per heavy atom. The summed E-state index contributed by atoms with van der Waals surface area (Å²) in [4.78, 5) is 22.4. The van der Waals surface area contributed by atoms with Crippen molar-refractivity contribution in [2.75, 3.05) is 12.4 Å². The van der Waals surface area contributed by atoms with Gasteiger partial charge in [0.2, 0.25) is 11.8 Å². The van der Waals surface area contributed by atoms with Gasteiger partial charge >= 0.3 is 0 Å². The van der Waals surface area contributed by atoms with Crippen LogP contribution in [0.4, 0.5) is 5.69 Å². The largest absolute Gasteiger partial charge is 0.326 e. The third kappa shape index (κ3) is 3.06. The Balaban J connectivity index is 2.29. The van der Waals surface area contributed by atoms with Gasteiger partial charge in [0, 0.05) is 25.2 Å². The lowest BCUT2D eigenvalue weighted by Gasteiger charge is -2.27. The first-order valence-electron chi connectivity index (χ1n) is 5.77. The fraction of sp³-hybridized carbons (Fsp3) is 0.231. The Morgan fingerprint density at radius 1 is 1.37 bits per heavy atom. The summed E-state index contributed by atoms with van der Waals surface area (Å²) < 4.78 is 0. The summed E-state index contributed by atoms with van der Waals surface area (Å²) in [5, 5.41) is 4.67. The fourth-order valence-electron chi connectivity index (χ4n) is 1.89. The summed E-state index contributed by atoms with van der Waals surface area (Å²) >= 11 is 6.18. The maximum atomic E-state index is 11.5. The molecule has 1 heterocycles. The standard InChI is InChI=1S/C13H14ClN3O2/c1-8(18)15-10-5-3-9(4-6-10)11-7-12(19)16-17(2)13(11)14/h3-6H,7H2,1-2H3,(H,15,18)(H,16,19). The molecule has 0 atom stereocenters. The van der Waals surface area contributed by atoms with Crippen molar-refractivity contribution in [1.29, 1.82) is 0 Å². The van der Waals surface area contributed by atoms with Gasteiger partial charge < -0.3 is 5.32 Å². The number of carbonyl (C=O) groups excluding carboxylic acids is 2. The van der Waals surface area contributed by atoms with E-state index < -0.39 is 0 Å². The highest BCUT2D eigenvalue weighted by Gasteiger charge is 2.21. The van der Waals surface area contributed by atoms with Crippen LogP contribution >= 0.6 is 11.6 Å². The van der Waals surface area contributed by atoms with Gasteiger partial charge in [0.15, 0.2) is 0 Å². The maximum Gasteiger partial charge on any atom is 0.243 e. The van der Waals surface area contributed by atoms with Crippen molar-refractivity contribution in [2.45, 2.75) is 13.3 Å².